The smallest absolute Gasteiger partial charge is 0.222 e. The first-order valence-corrected chi connectivity index (χ1v) is 9.79. The summed E-state index contributed by atoms with van der Waals surface area (Å²) >= 11 is 0. The van der Waals surface area contributed by atoms with Gasteiger partial charge in [-0.15, -0.1) is 0 Å². The van der Waals surface area contributed by atoms with Gasteiger partial charge in [0, 0.05) is 31.2 Å². The van der Waals surface area contributed by atoms with Crippen molar-refractivity contribution in [3.8, 4) is 0 Å². The molecule has 1 aromatic rings. The van der Waals surface area contributed by atoms with Gasteiger partial charge < -0.3 is 10.2 Å². The lowest BCUT2D eigenvalue weighted by molar-refractivity contribution is -0.132. The van der Waals surface area contributed by atoms with E-state index in [0.717, 1.165) is 43.4 Å². The highest BCUT2D eigenvalue weighted by Gasteiger charge is 2.22. The Bertz CT molecular complexity index is 555. The molecule has 1 aliphatic carbocycles. The lowest BCUT2D eigenvalue weighted by Gasteiger charge is -2.32. The molecule has 0 aromatic heterocycles. The minimum absolute atomic E-state index is 0.203. The molecule has 25 heavy (non-hydrogen) atoms. The summed E-state index contributed by atoms with van der Waals surface area (Å²) in [5.41, 5.74) is 1.87. The van der Waals surface area contributed by atoms with Crippen molar-refractivity contribution < 1.29 is 9.18 Å². The van der Waals surface area contributed by atoms with E-state index in [9.17, 15) is 9.18 Å². The lowest BCUT2D eigenvalue weighted by atomic mass is 9.94. The van der Waals surface area contributed by atoms with Crippen LogP contribution in [0.3, 0.4) is 0 Å². The van der Waals surface area contributed by atoms with E-state index in [1.807, 2.05) is 18.9 Å². The average molecular weight is 349 g/mol. The summed E-state index contributed by atoms with van der Waals surface area (Å²) in [6, 6.07) is 5.45. The van der Waals surface area contributed by atoms with Crippen molar-refractivity contribution in [1.29, 1.82) is 0 Å². The number of carbonyl (C=O) groups excluding carboxylic acids is 1. The molecule has 1 aromatic carbocycles. The lowest BCUT2D eigenvalue weighted by Crippen LogP contribution is -2.38. The van der Waals surface area contributed by atoms with Gasteiger partial charge in [-0.2, -0.15) is 0 Å². The maximum absolute atomic E-state index is 13.5. The second-order valence-corrected chi connectivity index (χ2v) is 7.42. The number of nitrogens with one attached hydrogen (secondary N) is 1. The van der Waals surface area contributed by atoms with Crippen LogP contribution in [0, 0.1) is 12.7 Å². The Balaban J connectivity index is 1.89. The van der Waals surface area contributed by atoms with Gasteiger partial charge in [0.2, 0.25) is 5.91 Å². The van der Waals surface area contributed by atoms with Gasteiger partial charge in [0.05, 0.1) is 0 Å². The third kappa shape index (κ3) is 6.02. The molecule has 0 bridgehead atoms. The van der Waals surface area contributed by atoms with E-state index in [0.29, 0.717) is 12.5 Å². The van der Waals surface area contributed by atoms with Gasteiger partial charge in [0.1, 0.15) is 5.82 Å². The van der Waals surface area contributed by atoms with E-state index in [4.69, 9.17) is 0 Å². The number of hydrogen-bond donors (Lipinski definition) is 1. The molecule has 1 atom stereocenters. The normalized spacial score (nSPS) is 16.5. The van der Waals surface area contributed by atoms with Crippen molar-refractivity contribution in [2.24, 2.45) is 0 Å². The molecule has 3 nitrogen and oxygen atoms in total. The van der Waals surface area contributed by atoms with Gasteiger partial charge in [-0.1, -0.05) is 38.7 Å². The summed E-state index contributed by atoms with van der Waals surface area (Å²) in [6.45, 7) is 4.12. The summed E-state index contributed by atoms with van der Waals surface area (Å²) in [6.07, 6.45) is 9.42. The number of nitrogens with zero attached hydrogens (tertiary/aromatic N) is 1. The van der Waals surface area contributed by atoms with Crippen LogP contribution in [-0.4, -0.2) is 29.9 Å². The molecule has 0 heterocycles. The minimum Gasteiger partial charge on any atom is -0.382 e. The molecule has 1 N–H and O–H groups in total. The molecule has 1 unspecified atom stereocenters. The Kier molecular flexibility index (Phi) is 7.73. The fourth-order valence-electron chi connectivity index (χ4n) is 3.75. The second-order valence-electron chi connectivity index (χ2n) is 7.42. The average Bonchev–Trinajstić information content (AvgIpc) is 2.62. The number of hydrogen-bond acceptors (Lipinski definition) is 2. The monoisotopic (exact) mass is 348 g/mol. The van der Waals surface area contributed by atoms with Crippen LogP contribution in [0.5, 0.6) is 0 Å². The van der Waals surface area contributed by atoms with Crippen molar-refractivity contribution in [2.75, 3.05) is 12.4 Å². The molecule has 0 aliphatic heterocycles. The molecule has 0 radical (unpaired) electrons. The number of benzene rings is 1. The van der Waals surface area contributed by atoms with Gasteiger partial charge >= 0.3 is 0 Å². The molecular formula is C21H33FN2O. The fraction of sp³-hybridized carbons (Fsp3) is 0.667. The van der Waals surface area contributed by atoms with Crippen molar-refractivity contribution in [3.05, 3.63) is 29.6 Å². The van der Waals surface area contributed by atoms with Gasteiger partial charge in [-0.05, 0) is 50.3 Å². The van der Waals surface area contributed by atoms with Crippen LogP contribution in [0.2, 0.25) is 0 Å². The molecule has 1 aliphatic rings. The zero-order chi connectivity index (χ0) is 18.2. The molecule has 4 heteroatoms. The van der Waals surface area contributed by atoms with Crippen LogP contribution in [0.25, 0.3) is 0 Å². The molecule has 1 fully saturated rings. The highest BCUT2D eigenvalue weighted by Crippen LogP contribution is 2.23. The fourth-order valence-corrected chi connectivity index (χ4v) is 3.75. The highest BCUT2D eigenvalue weighted by molar-refractivity contribution is 5.76. The number of rotatable bonds is 8. The summed E-state index contributed by atoms with van der Waals surface area (Å²) < 4.78 is 13.5. The molecule has 0 saturated heterocycles. The van der Waals surface area contributed by atoms with Gasteiger partial charge in [0.15, 0.2) is 0 Å². The maximum Gasteiger partial charge on any atom is 0.222 e. The molecule has 1 amide bonds. The second kappa shape index (κ2) is 9.79. The van der Waals surface area contributed by atoms with Crippen molar-refractivity contribution in [2.45, 2.75) is 83.7 Å². The van der Waals surface area contributed by atoms with E-state index in [1.165, 1.54) is 25.3 Å². The van der Waals surface area contributed by atoms with Crippen LogP contribution < -0.4 is 5.32 Å². The SMILES string of the molecule is CCCC(CCC(=O)N(C)C1CCCCC1)Nc1cc(F)ccc1C. The highest BCUT2D eigenvalue weighted by atomic mass is 19.1. The van der Waals surface area contributed by atoms with E-state index in [1.54, 1.807) is 12.1 Å². The number of halogens is 1. The zero-order valence-corrected chi connectivity index (χ0v) is 16.0. The number of carbonyl (C=O) groups is 1. The topological polar surface area (TPSA) is 32.3 Å². The van der Waals surface area contributed by atoms with Crippen molar-refractivity contribution in [1.82, 2.24) is 4.90 Å². The third-order valence-corrected chi connectivity index (χ3v) is 5.42. The predicted molar refractivity (Wildman–Crippen MR) is 102 cm³/mol. The minimum atomic E-state index is -0.226. The Morgan fingerprint density at radius 1 is 1.28 bits per heavy atom. The molecule has 1 saturated carbocycles. The van der Waals surface area contributed by atoms with E-state index in [2.05, 4.69) is 12.2 Å². The van der Waals surface area contributed by atoms with Crippen molar-refractivity contribution >= 4 is 11.6 Å². The van der Waals surface area contributed by atoms with E-state index in [-0.39, 0.29) is 17.8 Å². The van der Waals surface area contributed by atoms with Gasteiger partial charge in [-0.3, -0.25) is 4.79 Å². The summed E-state index contributed by atoms with van der Waals surface area (Å²) in [7, 11) is 1.96. The van der Waals surface area contributed by atoms with Crippen LogP contribution in [-0.2, 0) is 4.79 Å². The number of aryl methyl sites for hydroxylation is 1. The largest absolute Gasteiger partial charge is 0.382 e. The summed E-state index contributed by atoms with van der Waals surface area (Å²) in [4.78, 5) is 14.5. The van der Waals surface area contributed by atoms with Crippen molar-refractivity contribution in [3.63, 3.8) is 0 Å². The number of amides is 1. The first kappa shape index (κ1) is 19.7. The molecule has 0 spiro atoms. The standard InChI is InChI=1S/C21H33FN2O/c1-4-8-18(23-20-15-17(22)12-11-16(20)2)13-14-21(25)24(3)19-9-6-5-7-10-19/h11-12,15,18-19,23H,4-10,13-14H2,1-3H3. The quantitative estimate of drug-likeness (QED) is 0.692. The maximum atomic E-state index is 13.5. The Morgan fingerprint density at radius 3 is 2.68 bits per heavy atom. The molecular weight excluding hydrogens is 315 g/mol. The summed E-state index contributed by atoms with van der Waals surface area (Å²) in [5.74, 6) is 0.0159. The van der Waals surface area contributed by atoms with Crippen LogP contribution in [0.15, 0.2) is 18.2 Å². The predicted octanol–water partition coefficient (Wildman–Crippen LogP) is 5.29. The van der Waals surface area contributed by atoms with Crippen LogP contribution >= 0.6 is 0 Å². The van der Waals surface area contributed by atoms with E-state index < -0.39 is 0 Å². The third-order valence-electron chi connectivity index (χ3n) is 5.42. The summed E-state index contributed by atoms with van der Waals surface area (Å²) in [5, 5.41) is 3.45. The molecule has 2 rings (SSSR count). The van der Waals surface area contributed by atoms with Crippen LogP contribution in [0.4, 0.5) is 10.1 Å². The Labute approximate surface area is 152 Å². The Hall–Kier alpha value is -1.58. The van der Waals surface area contributed by atoms with E-state index >= 15 is 0 Å². The Morgan fingerprint density at radius 2 is 2.00 bits per heavy atom. The van der Waals surface area contributed by atoms with Gasteiger partial charge in [0.25, 0.3) is 0 Å². The zero-order valence-electron chi connectivity index (χ0n) is 16.0. The first-order chi connectivity index (χ1) is 12.0. The first-order valence-electron chi connectivity index (χ1n) is 9.79. The van der Waals surface area contributed by atoms with Crippen LogP contribution in [0.1, 0.15) is 70.3 Å². The molecule has 140 valence electrons. The van der Waals surface area contributed by atoms with Gasteiger partial charge in [-0.25, -0.2) is 4.39 Å². The number of anilines is 1.